The molecule has 31 heavy (non-hydrogen) atoms. The van der Waals surface area contributed by atoms with Gasteiger partial charge in [-0.15, -0.1) is 5.10 Å². The van der Waals surface area contributed by atoms with Crippen molar-refractivity contribution in [2.45, 2.75) is 6.42 Å². The molecule has 1 fully saturated rings. The molecule has 1 saturated heterocycles. The van der Waals surface area contributed by atoms with Crippen molar-refractivity contribution in [3.63, 3.8) is 0 Å². The summed E-state index contributed by atoms with van der Waals surface area (Å²) in [4.78, 5) is 14.4. The molecule has 1 aromatic heterocycles. The van der Waals surface area contributed by atoms with Crippen LogP contribution in [0.3, 0.4) is 0 Å². The van der Waals surface area contributed by atoms with E-state index in [0.29, 0.717) is 13.1 Å². The number of amides is 1. The van der Waals surface area contributed by atoms with E-state index < -0.39 is 10.0 Å². The van der Waals surface area contributed by atoms with Gasteiger partial charge in [0.2, 0.25) is 15.9 Å². The fourth-order valence-corrected chi connectivity index (χ4v) is 4.51. The molecular formula is C21H22N6O3S. The van der Waals surface area contributed by atoms with Crippen LogP contribution in [0.4, 0.5) is 0 Å². The molecule has 0 radical (unpaired) electrons. The molecule has 0 atom stereocenters. The highest BCUT2D eigenvalue weighted by atomic mass is 32.2. The van der Waals surface area contributed by atoms with Crippen LogP contribution in [0.5, 0.6) is 0 Å². The molecule has 160 valence electrons. The third kappa shape index (κ3) is 5.22. The number of sulfonamides is 1. The van der Waals surface area contributed by atoms with Crippen molar-refractivity contribution in [2.24, 2.45) is 0 Å². The molecule has 0 bridgehead atoms. The Morgan fingerprint density at radius 2 is 1.68 bits per heavy atom. The summed E-state index contributed by atoms with van der Waals surface area (Å²) in [6.07, 6.45) is 3.35. The smallest absolute Gasteiger partial charge is 0.236 e. The molecule has 0 N–H and O–H groups in total. The standard InChI is InChI=1S/C21H22N6O3S/c28-21(16-19-6-8-20(9-7-19)27-17-22-23-24-27)25-11-13-26(14-12-25)31(29,30)15-10-18-4-2-1-3-5-18/h1-10,15,17H,11-14,16H2/b15-10+. The van der Waals surface area contributed by atoms with Crippen molar-refractivity contribution in [3.8, 4) is 5.69 Å². The molecule has 9 nitrogen and oxygen atoms in total. The highest BCUT2D eigenvalue weighted by Crippen LogP contribution is 2.14. The average Bonchev–Trinajstić information content (AvgIpc) is 3.34. The number of tetrazole rings is 1. The second-order valence-corrected chi connectivity index (χ2v) is 8.95. The lowest BCUT2D eigenvalue weighted by atomic mass is 10.1. The van der Waals surface area contributed by atoms with Crippen molar-refractivity contribution in [2.75, 3.05) is 26.2 Å². The van der Waals surface area contributed by atoms with Gasteiger partial charge < -0.3 is 4.90 Å². The van der Waals surface area contributed by atoms with E-state index >= 15 is 0 Å². The van der Waals surface area contributed by atoms with Crippen LogP contribution in [0, 0.1) is 0 Å². The van der Waals surface area contributed by atoms with E-state index in [4.69, 9.17) is 0 Å². The van der Waals surface area contributed by atoms with Gasteiger partial charge in [0.05, 0.1) is 12.1 Å². The highest BCUT2D eigenvalue weighted by Gasteiger charge is 2.27. The molecule has 1 aliphatic heterocycles. The Labute approximate surface area is 180 Å². The van der Waals surface area contributed by atoms with E-state index in [2.05, 4.69) is 15.5 Å². The second kappa shape index (κ2) is 9.19. The monoisotopic (exact) mass is 438 g/mol. The predicted molar refractivity (Wildman–Crippen MR) is 115 cm³/mol. The Balaban J connectivity index is 1.31. The number of carbonyl (C=O) groups is 1. The van der Waals surface area contributed by atoms with Crippen LogP contribution in [-0.2, 0) is 21.2 Å². The van der Waals surface area contributed by atoms with Gasteiger partial charge in [-0.3, -0.25) is 4.79 Å². The van der Waals surface area contributed by atoms with Crippen molar-refractivity contribution in [1.82, 2.24) is 29.4 Å². The third-order valence-electron chi connectivity index (χ3n) is 5.09. The van der Waals surface area contributed by atoms with Gasteiger partial charge in [0, 0.05) is 31.6 Å². The molecule has 10 heteroatoms. The van der Waals surface area contributed by atoms with E-state index in [1.807, 2.05) is 54.6 Å². The van der Waals surface area contributed by atoms with Crippen LogP contribution >= 0.6 is 0 Å². The Hall–Kier alpha value is -3.37. The number of rotatable bonds is 6. The van der Waals surface area contributed by atoms with Gasteiger partial charge in [0.1, 0.15) is 6.33 Å². The Kier molecular flexibility index (Phi) is 6.19. The first-order valence-electron chi connectivity index (χ1n) is 9.85. The Morgan fingerprint density at radius 1 is 0.968 bits per heavy atom. The van der Waals surface area contributed by atoms with Crippen LogP contribution in [0.25, 0.3) is 11.8 Å². The molecule has 4 rings (SSSR count). The summed E-state index contributed by atoms with van der Waals surface area (Å²) in [7, 11) is -3.52. The maximum atomic E-state index is 12.7. The van der Waals surface area contributed by atoms with E-state index in [1.54, 1.807) is 11.0 Å². The normalized spacial score (nSPS) is 15.4. The number of piperazine rings is 1. The fourth-order valence-electron chi connectivity index (χ4n) is 3.34. The Bertz CT molecular complexity index is 1140. The first-order valence-corrected chi connectivity index (χ1v) is 11.3. The molecule has 1 amide bonds. The van der Waals surface area contributed by atoms with Crippen molar-refractivity contribution in [3.05, 3.63) is 77.5 Å². The minimum Gasteiger partial charge on any atom is -0.340 e. The zero-order valence-electron chi connectivity index (χ0n) is 16.8. The number of nitrogens with zero attached hydrogens (tertiary/aromatic N) is 6. The van der Waals surface area contributed by atoms with E-state index in [1.165, 1.54) is 20.7 Å². The first-order chi connectivity index (χ1) is 15.0. The molecule has 1 aliphatic rings. The van der Waals surface area contributed by atoms with Gasteiger partial charge in [0.15, 0.2) is 0 Å². The zero-order chi connectivity index (χ0) is 21.7. The lowest BCUT2D eigenvalue weighted by molar-refractivity contribution is -0.131. The van der Waals surface area contributed by atoms with Crippen LogP contribution in [0.2, 0.25) is 0 Å². The zero-order valence-corrected chi connectivity index (χ0v) is 17.6. The molecule has 0 saturated carbocycles. The number of benzene rings is 2. The summed E-state index contributed by atoms with van der Waals surface area (Å²) in [6, 6.07) is 16.7. The summed E-state index contributed by atoms with van der Waals surface area (Å²) in [5.41, 5.74) is 2.51. The van der Waals surface area contributed by atoms with Gasteiger partial charge in [-0.1, -0.05) is 42.5 Å². The number of hydrogen-bond donors (Lipinski definition) is 0. The maximum Gasteiger partial charge on any atom is 0.236 e. The maximum absolute atomic E-state index is 12.7. The lowest BCUT2D eigenvalue weighted by Gasteiger charge is -2.33. The number of aromatic nitrogens is 4. The van der Waals surface area contributed by atoms with Crippen LogP contribution in [0.1, 0.15) is 11.1 Å². The van der Waals surface area contributed by atoms with Gasteiger partial charge in [0.25, 0.3) is 0 Å². The molecule has 0 spiro atoms. The van der Waals surface area contributed by atoms with Crippen LogP contribution < -0.4 is 0 Å². The fraction of sp³-hybridized carbons (Fsp3) is 0.238. The minimum absolute atomic E-state index is 0.0213. The van der Waals surface area contributed by atoms with E-state index in [0.717, 1.165) is 16.8 Å². The molecule has 0 unspecified atom stereocenters. The molecular weight excluding hydrogens is 416 g/mol. The van der Waals surface area contributed by atoms with Crippen molar-refractivity contribution < 1.29 is 13.2 Å². The van der Waals surface area contributed by atoms with Gasteiger partial charge >= 0.3 is 0 Å². The summed E-state index contributed by atoms with van der Waals surface area (Å²) < 4.78 is 28.1. The minimum atomic E-state index is -3.52. The highest BCUT2D eigenvalue weighted by molar-refractivity contribution is 7.92. The van der Waals surface area contributed by atoms with Crippen LogP contribution in [-0.4, -0.2) is 69.9 Å². The van der Waals surface area contributed by atoms with Crippen LogP contribution in [0.15, 0.2) is 66.3 Å². The molecule has 3 aromatic rings. The van der Waals surface area contributed by atoms with Gasteiger partial charge in [-0.25, -0.2) is 13.1 Å². The largest absolute Gasteiger partial charge is 0.340 e. The SMILES string of the molecule is O=C(Cc1ccc(-n2cnnn2)cc1)N1CCN(S(=O)(=O)/C=C/c2ccccc2)CC1. The molecule has 2 heterocycles. The van der Waals surface area contributed by atoms with Crippen molar-refractivity contribution in [1.29, 1.82) is 0 Å². The average molecular weight is 439 g/mol. The number of hydrogen-bond acceptors (Lipinski definition) is 6. The van der Waals surface area contributed by atoms with Crippen molar-refractivity contribution >= 4 is 22.0 Å². The lowest BCUT2D eigenvalue weighted by Crippen LogP contribution is -2.50. The molecule has 0 aliphatic carbocycles. The topological polar surface area (TPSA) is 101 Å². The predicted octanol–water partition coefficient (Wildman–Crippen LogP) is 1.35. The summed E-state index contributed by atoms with van der Waals surface area (Å²) in [5.74, 6) is -0.0213. The summed E-state index contributed by atoms with van der Waals surface area (Å²) in [5, 5.41) is 12.3. The van der Waals surface area contributed by atoms with E-state index in [-0.39, 0.29) is 25.4 Å². The first kappa shape index (κ1) is 20.9. The second-order valence-electron chi connectivity index (χ2n) is 7.14. The molecule has 2 aromatic carbocycles. The third-order valence-corrected chi connectivity index (χ3v) is 6.65. The van der Waals surface area contributed by atoms with Gasteiger partial charge in [-0.2, -0.15) is 4.31 Å². The Morgan fingerprint density at radius 3 is 2.32 bits per heavy atom. The quantitative estimate of drug-likeness (QED) is 0.576. The van der Waals surface area contributed by atoms with Gasteiger partial charge in [-0.05, 0) is 39.8 Å². The number of carbonyl (C=O) groups excluding carboxylic acids is 1. The summed E-state index contributed by atoms with van der Waals surface area (Å²) in [6.45, 7) is 1.32. The van der Waals surface area contributed by atoms with E-state index in [9.17, 15) is 13.2 Å². The summed E-state index contributed by atoms with van der Waals surface area (Å²) >= 11 is 0.